The third-order valence-electron chi connectivity index (χ3n) is 5.01. The molecule has 25 heavy (non-hydrogen) atoms. The molecule has 1 unspecified atom stereocenters. The maximum Gasteiger partial charge on any atom is 0.490 e. The molecule has 3 aliphatic rings. The van der Waals surface area contributed by atoms with Crippen LogP contribution >= 0.6 is 0 Å². The minimum Gasteiger partial charge on any atom is -0.475 e. The molecule has 3 heterocycles. The first kappa shape index (κ1) is 20.4. The van der Waals surface area contributed by atoms with Crippen LogP contribution in [-0.2, 0) is 19.0 Å². The zero-order chi connectivity index (χ0) is 18.5. The quantitative estimate of drug-likeness (QED) is 0.817. The number of hydrogen-bond donors (Lipinski definition) is 1. The summed E-state index contributed by atoms with van der Waals surface area (Å²) >= 11 is 0. The SMILES string of the molecule is CCOCC1CCOC12CN(C1CCOCC1)C2.O=C(O)C(F)(F)F. The molecule has 3 rings (SSSR count). The topological polar surface area (TPSA) is 68.2 Å². The minimum absolute atomic E-state index is 0.119. The van der Waals surface area contributed by atoms with Crippen molar-refractivity contribution in [3.05, 3.63) is 0 Å². The highest BCUT2D eigenvalue weighted by atomic mass is 19.4. The first-order valence-electron chi connectivity index (χ1n) is 8.62. The van der Waals surface area contributed by atoms with E-state index in [2.05, 4.69) is 11.8 Å². The van der Waals surface area contributed by atoms with Crippen LogP contribution in [0.2, 0.25) is 0 Å². The third-order valence-corrected chi connectivity index (χ3v) is 5.01. The highest BCUT2D eigenvalue weighted by Gasteiger charge is 2.54. The highest BCUT2D eigenvalue weighted by molar-refractivity contribution is 5.73. The summed E-state index contributed by atoms with van der Waals surface area (Å²) < 4.78 is 48.8. The number of rotatable bonds is 4. The van der Waals surface area contributed by atoms with E-state index >= 15 is 0 Å². The van der Waals surface area contributed by atoms with Crippen molar-refractivity contribution in [2.45, 2.75) is 44.0 Å². The van der Waals surface area contributed by atoms with Gasteiger partial charge in [0.05, 0.1) is 12.2 Å². The molecular formula is C16H26F3NO5. The molecule has 0 aromatic heterocycles. The van der Waals surface area contributed by atoms with Crippen LogP contribution in [0.3, 0.4) is 0 Å². The molecule has 0 aliphatic carbocycles. The molecule has 0 saturated carbocycles. The van der Waals surface area contributed by atoms with Gasteiger partial charge in [-0.05, 0) is 26.2 Å². The summed E-state index contributed by atoms with van der Waals surface area (Å²) in [5.41, 5.74) is 0.119. The van der Waals surface area contributed by atoms with Crippen LogP contribution in [0.5, 0.6) is 0 Å². The Morgan fingerprint density at radius 2 is 1.84 bits per heavy atom. The number of nitrogens with zero attached hydrogens (tertiary/aromatic N) is 1. The molecule has 9 heteroatoms. The number of likely N-dealkylation sites (tertiary alicyclic amines) is 1. The summed E-state index contributed by atoms with van der Waals surface area (Å²) in [5, 5.41) is 7.12. The second-order valence-electron chi connectivity index (χ2n) is 6.61. The lowest BCUT2D eigenvalue weighted by atomic mass is 9.79. The molecule has 3 fully saturated rings. The van der Waals surface area contributed by atoms with Gasteiger partial charge >= 0.3 is 12.1 Å². The van der Waals surface area contributed by atoms with Gasteiger partial charge < -0.3 is 19.3 Å². The summed E-state index contributed by atoms with van der Waals surface area (Å²) in [6.45, 7) is 8.74. The molecule has 0 aromatic rings. The lowest BCUT2D eigenvalue weighted by Gasteiger charge is -2.54. The predicted octanol–water partition coefficient (Wildman–Crippen LogP) is 1.93. The average Bonchev–Trinajstić information content (AvgIpc) is 2.96. The second kappa shape index (κ2) is 8.66. The summed E-state index contributed by atoms with van der Waals surface area (Å²) in [5.74, 6) is -2.15. The van der Waals surface area contributed by atoms with Crippen molar-refractivity contribution in [3.8, 4) is 0 Å². The van der Waals surface area contributed by atoms with Crippen LogP contribution in [0, 0.1) is 5.92 Å². The molecule has 1 atom stereocenters. The zero-order valence-corrected chi connectivity index (χ0v) is 14.4. The van der Waals surface area contributed by atoms with Gasteiger partial charge in [-0.15, -0.1) is 0 Å². The Morgan fingerprint density at radius 3 is 2.36 bits per heavy atom. The van der Waals surface area contributed by atoms with Crippen molar-refractivity contribution in [1.82, 2.24) is 4.90 Å². The van der Waals surface area contributed by atoms with Gasteiger partial charge in [0.2, 0.25) is 0 Å². The molecule has 1 spiro atoms. The van der Waals surface area contributed by atoms with Crippen molar-refractivity contribution in [1.29, 1.82) is 0 Å². The Balaban J connectivity index is 0.000000277. The van der Waals surface area contributed by atoms with Crippen molar-refractivity contribution in [2.75, 3.05) is 46.1 Å². The smallest absolute Gasteiger partial charge is 0.475 e. The van der Waals surface area contributed by atoms with Crippen molar-refractivity contribution in [3.63, 3.8) is 0 Å². The van der Waals surface area contributed by atoms with E-state index in [0.29, 0.717) is 5.92 Å². The maximum absolute atomic E-state index is 10.6. The summed E-state index contributed by atoms with van der Waals surface area (Å²) in [6.07, 6.45) is -1.54. The molecule has 0 aromatic carbocycles. The fourth-order valence-corrected chi connectivity index (χ4v) is 3.58. The molecule has 0 amide bonds. The van der Waals surface area contributed by atoms with Gasteiger partial charge in [-0.3, -0.25) is 4.90 Å². The summed E-state index contributed by atoms with van der Waals surface area (Å²) in [7, 11) is 0. The van der Waals surface area contributed by atoms with E-state index in [4.69, 9.17) is 24.1 Å². The fraction of sp³-hybridized carbons (Fsp3) is 0.938. The van der Waals surface area contributed by atoms with Gasteiger partial charge in [-0.2, -0.15) is 13.2 Å². The molecule has 0 bridgehead atoms. The van der Waals surface area contributed by atoms with E-state index in [1.165, 1.54) is 19.3 Å². The number of ether oxygens (including phenoxy) is 3. The lowest BCUT2D eigenvalue weighted by Crippen LogP contribution is -2.68. The Hall–Kier alpha value is -0.900. The van der Waals surface area contributed by atoms with Gasteiger partial charge in [0.15, 0.2) is 0 Å². The van der Waals surface area contributed by atoms with Gasteiger partial charge in [-0.25, -0.2) is 4.79 Å². The number of aliphatic carboxylic acids is 1. The monoisotopic (exact) mass is 369 g/mol. The second-order valence-corrected chi connectivity index (χ2v) is 6.61. The van der Waals surface area contributed by atoms with Crippen molar-refractivity contribution < 1.29 is 37.3 Å². The van der Waals surface area contributed by atoms with Gasteiger partial charge in [-0.1, -0.05) is 0 Å². The first-order chi connectivity index (χ1) is 11.8. The number of carbonyl (C=O) groups is 1. The normalized spacial score (nSPS) is 26.8. The molecule has 146 valence electrons. The Kier molecular flexibility index (Phi) is 7.07. The molecular weight excluding hydrogens is 343 g/mol. The van der Waals surface area contributed by atoms with E-state index in [-0.39, 0.29) is 5.60 Å². The Morgan fingerprint density at radius 1 is 1.24 bits per heavy atom. The van der Waals surface area contributed by atoms with Crippen LogP contribution in [0.25, 0.3) is 0 Å². The van der Waals surface area contributed by atoms with E-state index in [9.17, 15) is 13.2 Å². The van der Waals surface area contributed by atoms with E-state index in [0.717, 1.165) is 52.2 Å². The minimum atomic E-state index is -5.08. The van der Waals surface area contributed by atoms with Crippen molar-refractivity contribution in [2.24, 2.45) is 5.92 Å². The summed E-state index contributed by atoms with van der Waals surface area (Å²) in [6, 6.07) is 0.723. The van der Waals surface area contributed by atoms with Crippen LogP contribution in [0.4, 0.5) is 13.2 Å². The number of hydrogen-bond acceptors (Lipinski definition) is 5. The maximum atomic E-state index is 10.6. The standard InChI is InChI=1S/C14H25NO3.C2HF3O2/c1-2-16-9-12-3-8-18-14(12)10-15(11-14)13-4-6-17-7-5-13;3-2(4,5)1(6)7/h12-13H,2-11H2,1H3;(H,6,7). The lowest BCUT2D eigenvalue weighted by molar-refractivity contribution is -0.192. The molecule has 6 nitrogen and oxygen atoms in total. The van der Waals surface area contributed by atoms with E-state index in [1.807, 2.05) is 0 Å². The van der Waals surface area contributed by atoms with Crippen LogP contribution in [-0.4, -0.2) is 79.9 Å². The van der Waals surface area contributed by atoms with Gasteiger partial charge in [0, 0.05) is 51.5 Å². The van der Waals surface area contributed by atoms with Gasteiger partial charge in [0.25, 0.3) is 0 Å². The number of alkyl halides is 3. The number of halogens is 3. The first-order valence-corrected chi connectivity index (χ1v) is 8.62. The molecule has 3 aliphatic heterocycles. The number of carboxylic acids is 1. The highest BCUT2D eigenvalue weighted by Crippen LogP contribution is 2.41. The van der Waals surface area contributed by atoms with E-state index in [1.54, 1.807) is 0 Å². The van der Waals surface area contributed by atoms with Crippen molar-refractivity contribution >= 4 is 5.97 Å². The zero-order valence-electron chi connectivity index (χ0n) is 14.4. The van der Waals surface area contributed by atoms with E-state index < -0.39 is 12.1 Å². The van der Waals surface area contributed by atoms with Crippen LogP contribution < -0.4 is 0 Å². The fourth-order valence-electron chi connectivity index (χ4n) is 3.58. The number of carboxylic acid groups (broad SMARTS) is 1. The van der Waals surface area contributed by atoms with Gasteiger partial charge in [0.1, 0.15) is 0 Å². The average molecular weight is 369 g/mol. The summed E-state index contributed by atoms with van der Waals surface area (Å²) in [4.78, 5) is 11.5. The Bertz CT molecular complexity index is 434. The predicted molar refractivity (Wildman–Crippen MR) is 82.4 cm³/mol. The largest absolute Gasteiger partial charge is 0.490 e. The Labute approximate surface area is 145 Å². The molecule has 1 N–H and O–H groups in total. The van der Waals surface area contributed by atoms with Crippen LogP contribution in [0.15, 0.2) is 0 Å². The van der Waals surface area contributed by atoms with Crippen LogP contribution in [0.1, 0.15) is 26.2 Å². The molecule has 0 radical (unpaired) electrons. The molecule has 3 saturated heterocycles. The third kappa shape index (κ3) is 5.29.